The summed E-state index contributed by atoms with van der Waals surface area (Å²) in [6, 6.07) is 8.94. The minimum atomic E-state index is 0.457. The molecule has 0 fully saturated rings. The van der Waals surface area contributed by atoms with Crippen molar-refractivity contribution < 1.29 is 19.4 Å². The highest BCUT2D eigenvalue weighted by atomic mass is 32.2. The van der Waals surface area contributed by atoms with Crippen molar-refractivity contribution >= 4 is 55.8 Å². The molecular formula is C21H23N5O4S2. The standard InChI is InChI=1S/C21H23N5O4S2/c1-5-9-26(10-6-2)17-13-20(32-30-29-27)16(12-18(17)28-4)24-25-21-23-15-8-7-14(22-3)11-19(15)31-21/h7-8,11-13,27H,5-6,9-10H2,1-2,4H3. The Bertz CT molecular complexity index is 1120. The number of ether oxygens (including phenoxy) is 1. The van der Waals surface area contributed by atoms with E-state index in [4.69, 9.17) is 16.6 Å². The second-order valence-electron chi connectivity index (χ2n) is 6.67. The predicted molar refractivity (Wildman–Crippen MR) is 127 cm³/mol. The molecule has 0 aliphatic rings. The van der Waals surface area contributed by atoms with Gasteiger partial charge in [-0.1, -0.05) is 36.3 Å². The molecule has 0 unspecified atom stereocenters. The number of hydrogen-bond donors (Lipinski definition) is 1. The molecule has 9 nitrogen and oxygen atoms in total. The molecule has 2 aromatic carbocycles. The molecule has 1 aromatic heterocycles. The van der Waals surface area contributed by atoms with Crippen molar-refractivity contribution in [2.24, 2.45) is 10.2 Å². The number of anilines is 1. The average molecular weight is 474 g/mol. The molecule has 0 saturated heterocycles. The van der Waals surface area contributed by atoms with Crippen LogP contribution in [0.1, 0.15) is 26.7 Å². The number of benzene rings is 2. The van der Waals surface area contributed by atoms with Crippen LogP contribution in [0.25, 0.3) is 15.1 Å². The summed E-state index contributed by atoms with van der Waals surface area (Å²) in [5.74, 6) is 0.654. The Morgan fingerprint density at radius 1 is 1.19 bits per heavy atom. The van der Waals surface area contributed by atoms with Crippen LogP contribution in [-0.2, 0) is 9.37 Å². The fraction of sp³-hybridized carbons (Fsp3) is 0.333. The summed E-state index contributed by atoms with van der Waals surface area (Å²) >= 11 is 2.16. The van der Waals surface area contributed by atoms with Crippen LogP contribution in [0.2, 0.25) is 0 Å². The van der Waals surface area contributed by atoms with E-state index in [1.807, 2.05) is 6.07 Å². The van der Waals surface area contributed by atoms with E-state index in [0.717, 1.165) is 53.9 Å². The van der Waals surface area contributed by atoms with Gasteiger partial charge in [0, 0.05) is 23.9 Å². The third-order valence-corrected chi connectivity index (χ3v) is 6.01. The van der Waals surface area contributed by atoms with Crippen molar-refractivity contribution in [2.75, 3.05) is 25.1 Å². The van der Waals surface area contributed by atoms with Gasteiger partial charge < -0.3 is 9.64 Å². The van der Waals surface area contributed by atoms with Gasteiger partial charge in [-0.3, -0.25) is 0 Å². The van der Waals surface area contributed by atoms with Crippen molar-refractivity contribution in [3.05, 3.63) is 41.7 Å². The maximum absolute atomic E-state index is 8.64. The Morgan fingerprint density at radius 3 is 2.62 bits per heavy atom. The highest BCUT2D eigenvalue weighted by Crippen LogP contribution is 2.42. The maximum Gasteiger partial charge on any atom is 0.231 e. The monoisotopic (exact) mass is 473 g/mol. The second kappa shape index (κ2) is 11.8. The molecule has 1 N–H and O–H groups in total. The average Bonchev–Trinajstić information content (AvgIpc) is 3.23. The molecule has 168 valence electrons. The van der Waals surface area contributed by atoms with Crippen LogP contribution in [0.5, 0.6) is 5.75 Å². The highest BCUT2D eigenvalue weighted by Gasteiger charge is 2.17. The predicted octanol–water partition coefficient (Wildman–Crippen LogP) is 7.33. The van der Waals surface area contributed by atoms with E-state index in [-0.39, 0.29) is 0 Å². The number of nitrogens with zero attached hydrogens (tertiary/aromatic N) is 5. The van der Waals surface area contributed by atoms with Crippen LogP contribution in [0.15, 0.2) is 45.5 Å². The molecule has 1 heterocycles. The van der Waals surface area contributed by atoms with Gasteiger partial charge in [0.1, 0.15) is 11.4 Å². The van der Waals surface area contributed by atoms with Crippen molar-refractivity contribution in [1.29, 1.82) is 0 Å². The van der Waals surface area contributed by atoms with Gasteiger partial charge >= 0.3 is 0 Å². The van der Waals surface area contributed by atoms with E-state index in [2.05, 4.69) is 48.2 Å². The summed E-state index contributed by atoms with van der Waals surface area (Å²) in [5, 5.41) is 21.5. The van der Waals surface area contributed by atoms with Gasteiger partial charge in [-0.25, -0.2) is 15.1 Å². The van der Waals surface area contributed by atoms with Gasteiger partial charge in [0.25, 0.3) is 0 Å². The topological polar surface area (TPSA) is 93.1 Å². The summed E-state index contributed by atoms with van der Waals surface area (Å²) in [7, 11) is 1.61. The van der Waals surface area contributed by atoms with Crippen molar-refractivity contribution in [2.45, 2.75) is 31.6 Å². The lowest BCUT2D eigenvalue weighted by Crippen LogP contribution is -2.25. The van der Waals surface area contributed by atoms with Crippen LogP contribution in [0, 0.1) is 6.57 Å². The lowest BCUT2D eigenvalue weighted by molar-refractivity contribution is -0.432. The summed E-state index contributed by atoms with van der Waals surface area (Å²) in [4.78, 5) is 10.7. The number of fused-ring (bicyclic) bond motifs is 1. The summed E-state index contributed by atoms with van der Waals surface area (Å²) < 4.78 is 11.2. The summed E-state index contributed by atoms with van der Waals surface area (Å²) in [5.41, 5.74) is 2.67. The number of hydrogen-bond acceptors (Lipinski definition) is 10. The quantitative estimate of drug-likeness (QED) is 0.102. The van der Waals surface area contributed by atoms with Gasteiger partial charge in [-0.05, 0) is 31.0 Å². The SMILES string of the molecule is [C-]#[N+]c1ccc2nc(N=Nc3cc(OC)c(N(CCC)CCC)cc3SOOO)sc2c1. The van der Waals surface area contributed by atoms with E-state index < -0.39 is 0 Å². The number of thiazole rings is 1. The molecule has 3 rings (SSSR count). The number of rotatable bonds is 11. The minimum Gasteiger partial charge on any atom is -0.495 e. The molecule has 32 heavy (non-hydrogen) atoms. The first-order valence-electron chi connectivity index (χ1n) is 9.95. The van der Waals surface area contributed by atoms with Gasteiger partial charge in [0.15, 0.2) is 5.69 Å². The summed E-state index contributed by atoms with van der Waals surface area (Å²) in [6.45, 7) is 13.1. The lowest BCUT2D eigenvalue weighted by atomic mass is 10.2. The van der Waals surface area contributed by atoms with Crippen molar-refractivity contribution in [1.82, 2.24) is 4.98 Å². The van der Waals surface area contributed by atoms with E-state index in [9.17, 15) is 0 Å². The molecular weight excluding hydrogens is 450 g/mol. The Kier molecular flexibility index (Phi) is 8.78. The Hall–Kier alpha value is -2.75. The Balaban J connectivity index is 1.99. The van der Waals surface area contributed by atoms with E-state index in [1.165, 1.54) is 11.3 Å². The molecule has 0 bridgehead atoms. The lowest BCUT2D eigenvalue weighted by Gasteiger charge is -2.26. The molecule has 0 aliphatic carbocycles. The molecule has 3 aromatic rings. The first-order valence-corrected chi connectivity index (χ1v) is 11.5. The van der Waals surface area contributed by atoms with Crippen LogP contribution in [0.4, 0.5) is 22.2 Å². The highest BCUT2D eigenvalue weighted by molar-refractivity contribution is 7.94. The van der Waals surface area contributed by atoms with Crippen molar-refractivity contribution in [3.8, 4) is 5.75 Å². The van der Waals surface area contributed by atoms with Crippen LogP contribution < -0.4 is 9.64 Å². The van der Waals surface area contributed by atoms with Gasteiger partial charge in [-0.15, -0.1) is 14.6 Å². The molecule has 0 atom stereocenters. The first-order chi connectivity index (χ1) is 15.6. The molecule has 0 saturated carbocycles. The Labute approximate surface area is 194 Å². The zero-order valence-corrected chi connectivity index (χ0v) is 19.6. The summed E-state index contributed by atoms with van der Waals surface area (Å²) in [6.07, 6.45) is 1.96. The molecule has 0 radical (unpaired) electrons. The molecule has 0 spiro atoms. The third kappa shape index (κ3) is 5.73. The van der Waals surface area contributed by atoms with Crippen molar-refractivity contribution in [3.63, 3.8) is 0 Å². The van der Waals surface area contributed by atoms with E-state index >= 15 is 0 Å². The minimum absolute atomic E-state index is 0.457. The number of methoxy groups -OCH3 is 1. The normalized spacial score (nSPS) is 11.2. The third-order valence-electron chi connectivity index (χ3n) is 4.48. The molecule has 11 heteroatoms. The molecule has 0 amide bonds. The Morgan fingerprint density at radius 2 is 1.97 bits per heavy atom. The second-order valence-corrected chi connectivity index (χ2v) is 8.42. The maximum atomic E-state index is 8.64. The zero-order chi connectivity index (χ0) is 22.9. The van der Waals surface area contributed by atoms with Crippen LogP contribution >= 0.6 is 23.4 Å². The number of aromatic nitrogens is 1. The fourth-order valence-corrected chi connectivity index (χ4v) is 4.42. The zero-order valence-electron chi connectivity index (χ0n) is 17.9. The largest absolute Gasteiger partial charge is 0.495 e. The van der Waals surface area contributed by atoms with E-state index in [0.29, 0.717) is 27.2 Å². The van der Waals surface area contributed by atoms with Gasteiger partial charge in [0.2, 0.25) is 5.13 Å². The van der Waals surface area contributed by atoms with E-state index in [1.54, 1.807) is 31.4 Å². The van der Waals surface area contributed by atoms with Crippen LogP contribution in [-0.4, -0.2) is 30.4 Å². The molecule has 0 aliphatic heterocycles. The smallest absolute Gasteiger partial charge is 0.231 e. The van der Waals surface area contributed by atoms with Gasteiger partial charge in [-0.2, -0.15) is 0 Å². The van der Waals surface area contributed by atoms with Gasteiger partial charge in [0.05, 0.1) is 41.8 Å². The number of azo groups is 1. The fourth-order valence-electron chi connectivity index (χ4n) is 3.15. The first kappa shape index (κ1) is 23.9. The van der Waals surface area contributed by atoms with Crippen LogP contribution in [0.3, 0.4) is 0 Å².